The van der Waals surface area contributed by atoms with Gasteiger partial charge >= 0.3 is 6.03 Å². The number of anilines is 1. The van der Waals surface area contributed by atoms with E-state index >= 15 is 0 Å². The minimum atomic E-state index is -0.339. The molecule has 2 aromatic rings. The monoisotopic (exact) mass is 356 g/mol. The lowest BCUT2D eigenvalue weighted by molar-refractivity contribution is -0.130. The zero-order valence-corrected chi connectivity index (χ0v) is 15.3. The molecule has 0 bridgehead atoms. The number of nitrogens with one attached hydrogen (secondary N) is 2. The van der Waals surface area contributed by atoms with Crippen LogP contribution in [0.3, 0.4) is 0 Å². The molecule has 0 aliphatic rings. The molecular formula is C19H24N4O3. The van der Waals surface area contributed by atoms with E-state index < -0.39 is 0 Å². The number of urea groups is 1. The lowest BCUT2D eigenvalue weighted by atomic mass is 10.2. The number of aryl methyl sites for hydroxylation is 1. The van der Waals surface area contributed by atoms with Gasteiger partial charge in [0.1, 0.15) is 5.75 Å². The fourth-order valence-corrected chi connectivity index (χ4v) is 2.14. The van der Waals surface area contributed by atoms with E-state index in [4.69, 9.17) is 4.74 Å². The van der Waals surface area contributed by atoms with Crippen molar-refractivity contribution in [2.45, 2.75) is 13.3 Å². The summed E-state index contributed by atoms with van der Waals surface area (Å²) in [4.78, 5) is 29.5. The van der Waals surface area contributed by atoms with Gasteiger partial charge in [-0.3, -0.25) is 9.78 Å². The predicted octanol–water partition coefficient (Wildman–Crippen LogP) is 2.22. The van der Waals surface area contributed by atoms with Crippen LogP contribution >= 0.6 is 0 Å². The first kappa shape index (κ1) is 19.2. The van der Waals surface area contributed by atoms with Crippen molar-refractivity contribution in [1.29, 1.82) is 0 Å². The molecule has 0 unspecified atom stereocenters. The van der Waals surface area contributed by atoms with Crippen LogP contribution in [0, 0.1) is 6.92 Å². The first-order valence-electron chi connectivity index (χ1n) is 8.34. The Morgan fingerprint density at radius 2 is 2.00 bits per heavy atom. The Balaban J connectivity index is 1.90. The van der Waals surface area contributed by atoms with E-state index in [0.29, 0.717) is 24.4 Å². The van der Waals surface area contributed by atoms with Crippen LogP contribution in [0.25, 0.3) is 0 Å². The SMILES string of the molecule is Cc1ccc(NC(=O)NCCc2ccccn2)c(OCC(=O)N(C)C)c1. The topological polar surface area (TPSA) is 83.6 Å². The van der Waals surface area contributed by atoms with Crippen molar-refractivity contribution in [2.75, 3.05) is 32.6 Å². The van der Waals surface area contributed by atoms with Crippen molar-refractivity contribution < 1.29 is 14.3 Å². The molecule has 7 nitrogen and oxygen atoms in total. The molecule has 0 aliphatic carbocycles. The standard InChI is InChI=1S/C19H24N4O3/c1-14-7-8-16(17(12-14)26-13-18(24)23(2)3)22-19(25)21-11-9-15-6-4-5-10-20-15/h4-8,10,12H,9,11,13H2,1-3H3,(H2,21,22,25). The summed E-state index contributed by atoms with van der Waals surface area (Å²) in [5.74, 6) is 0.303. The number of carbonyl (C=O) groups excluding carboxylic acids is 2. The molecule has 3 amide bonds. The number of aromatic nitrogens is 1. The molecule has 2 rings (SSSR count). The van der Waals surface area contributed by atoms with Crippen LogP contribution in [-0.4, -0.2) is 49.1 Å². The van der Waals surface area contributed by atoms with Gasteiger partial charge in [0.15, 0.2) is 6.61 Å². The molecule has 0 spiro atoms. The van der Waals surface area contributed by atoms with Gasteiger partial charge in [-0.2, -0.15) is 0 Å². The summed E-state index contributed by atoms with van der Waals surface area (Å²) in [5.41, 5.74) is 2.39. The van der Waals surface area contributed by atoms with Gasteiger partial charge < -0.3 is 20.3 Å². The normalized spacial score (nSPS) is 10.1. The lowest BCUT2D eigenvalue weighted by Crippen LogP contribution is -2.31. The molecule has 1 aromatic heterocycles. The van der Waals surface area contributed by atoms with Crippen LogP contribution in [0.1, 0.15) is 11.3 Å². The Hall–Kier alpha value is -3.09. The van der Waals surface area contributed by atoms with Gasteiger partial charge in [0, 0.05) is 39.0 Å². The number of hydrogen-bond donors (Lipinski definition) is 2. The van der Waals surface area contributed by atoms with Crippen LogP contribution in [0.15, 0.2) is 42.6 Å². The molecule has 26 heavy (non-hydrogen) atoms. The molecule has 0 saturated heterocycles. The van der Waals surface area contributed by atoms with Crippen LogP contribution < -0.4 is 15.4 Å². The van der Waals surface area contributed by atoms with Gasteiger partial charge in [0.2, 0.25) is 0 Å². The van der Waals surface area contributed by atoms with Gasteiger partial charge in [0.05, 0.1) is 5.69 Å². The summed E-state index contributed by atoms with van der Waals surface area (Å²) in [6.45, 7) is 2.29. The van der Waals surface area contributed by atoms with Crippen molar-refractivity contribution in [3.05, 3.63) is 53.9 Å². The lowest BCUT2D eigenvalue weighted by Gasteiger charge is -2.15. The van der Waals surface area contributed by atoms with E-state index in [1.165, 1.54) is 4.90 Å². The molecule has 7 heteroatoms. The number of rotatable bonds is 7. The largest absolute Gasteiger partial charge is 0.482 e. The zero-order valence-electron chi connectivity index (χ0n) is 15.3. The fourth-order valence-electron chi connectivity index (χ4n) is 2.14. The number of amides is 3. The number of nitrogens with zero attached hydrogens (tertiary/aromatic N) is 2. The first-order valence-corrected chi connectivity index (χ1v) is 8.34. The fraction of sp³-hybridized carbons (Fsp3) is 0.316. The van der Waals surface area contributed by atoms with E-state index in [1.54, 1.807) is 32.4 Å². The summed E-state index contributed by atoms with van der Waals surface area (Å²) in [7, 11) is 3.33. The third kappa shape index (κ3) is 6.08. The Morgan fingerprint density at radius 3 is 2.69 bits per heavy atom. The minimum Gasteiger partial charge on any atom is -0.482 e. The number of pyridine rings is 1. The molecule has 0 fully saturated rings. The number of hydrogen-bond acceptors (Lipinski definition) is 4. The average molecular weight is 356 g/mol. The van der Waals surface area contributed by atoms with E-state index in [0.717, 1.165) is 11.3 Å². The molecule has 0 radical (unpaired) electrons. The van der Waals surface area contributed by atoms with E-state index in [1.807, 2.05) is 31.2 Å². The van der Waals surface area contributed by atoms with Gasteiger partial charge in [0.25, 0.3) is 5.91 Å². The summed E-state index contributed by atoms with van der Waals surface area (Å²) >= 11 is 0. The summed E-state index contributed by atoms with van der Waals surface area (Å²) in [5, 5.41) is 5.54. The van der Waals surface area contributed by atoms with E-state index in [2.05, 4.69) is 15.6 Å². The van der Waals surface area contributed by atoms with Gasteiger partial charge in [-0.05, 0) is 36.8 Å². The van der Waals surface area contributed by atoms with E-state index in [-0.39, 0.29) is 18.5 Å². The number of benzene rings is 1. The van der Waals surface area contributed by atoms with Gasteiger partial charge in [-0.25, -0.2) is 4.79 Å². The molecule has 138 valence electrons. The van der Waals surface area contributed by atoms with Crippen molar-refractivity contribution in [2.24, 2.45) is 0 Å². The number of ether oxygens (including phenoxy) is 1. The summed E-state index contributed by atoms with van der Waals surface area (Å²) < 4.78 is 5.57. The van der Waals surface area contributed by atoms with E-state index in [9.17, 15) is 9.59 Å². The van der Waals surface area contributed by atoms with Gasteiger partial charge in [-0.1, -0.05) is 12.1 Å². The molecular weight excluding hydrogens is 332 g/mol. The molecule has 1 heterocycles. The average Bonchev–Trinajstić information content (AvgIpc) is 2.62. The Morgan fingerprint density at radius 1 is 1.19 bits per heavy atom. The predicted molar refractivity (Wildman–Crippen MR) is 100 cm³/mol. The highest BCUT2D eigenvalue weighted by Crippen LogP contribution is 2.25. The molecule has 2 N–H and O–H groups in total. The maximum atomic E-state index is 12.1. The Labute approximate surface area is 153 Å². The van der Waals surface area contributed by atoms with Crippen molar-refractivity contribution in [3.63, 3.8) is 0 Å². The van der Waals surface area contributed by atoms with Crippen molar-refractivity contribution in [3.8, 4) is 5.75 Å². The maximum Gasteiger partial charge on any atom is 0.319 e. The van der Waals surface area contributed by atoms with Crippen LogP contribution in [0.2, 0.25) is 0 Å². The molecule has 0 aliphatic heterocycles. The quantitative estimate of drug-likeness (QED) is 0.797. The van der Waals surface area contributed by atoms with Crippen LogP contribution in [0.4, 0.5) is 10.5 Å². The van der Waals surface area contributed by atoms with Crippen LogP contribution in [0.5, 0.6) is 5.75 Å². The second kappa shape index (κ2) is 9.41. The third-order valence-corrected chi connectivity index (χ3v) is 3.63. The first-order chi connectivity index (χ1) is 12.5. The molecule has 0 atom stereocenters. The Bertz CT molecular complexity index is 748. The second-order valence-electron chi connectivity index (χ2n) is 6.03. The highest BCUT2D eigenvalue weighted by Gasteiger charge is 2.11. The van der Waals surface area contributed by atoms with Crippen molar-refractivity contribution in [1.82, 2.24) is 15.2 Å². The second-order valence-corrected chi connectivity index (χ2v) is 6.03. The van der Waals surface area contributed by atoms with Crippen LogP contribution in [-0.2, 0) is 11.2 Å². The molecule has 0 saturated carbocycles. The Kier molecular flexibility index (Phi) is 6.96. The van der Waals surface area contributed by atoms with Crippen molar-refractivity contribution >= 4 is 17.6 Å². The highest BCUT2D eigenvalue weighted by atomic mass is 16.5. The zero-order chi connectivity index (χ0) is 18.9. The number of likely N-dealkylation sites (N-methyl/N-ethyl adjacent to an activating group) is 1. The summed E-state index contributed by atoms with van der Waals surface area (Å²) in [6, 6.07) is 10.7. The number of carbonyl (C=O) groups is 2. The smallest absolute Gasteiger partial charge is 0.319 e. The van der Waals surface area contributed by atoms with Gasteiger partial charge in [-0.15, -0.1) is 0 Å². The third-order valence-electron chi connectivity index (χ3n) is 3.63. The molecule has 1 aromatic carbocycles. The minimum absolute atomic E-state index is 0.0908. The highest BCUT2D eigenvalue weighted by molar-refractivity contribution is 5.91. The maximum absolute atomic E-state index is 12.1. The summed E-state index contributed by atoms with van der Waals surface area (Å²) in [6.07, 6.45) is 2.36.